The van der Waals surface area contributed by atoms with Crippen LogP contribution in [0.1, 0.15) is 10.4 Å². The molecule has 90 valence electrons. The summed E-state index contributed by atoms with van der Waals surface area (Å²) in [7, 11) is 1.42. The average molecular weight is 238 g/mol. The summed E-state index contributed by atoms with van der Waals surface area (Å²) in [6.45, 7) is 0.171. The number of benzene rings is 1. The maximum Gasteiger partial charge on any atom is 0.335 e. The topological polar surface area (TPSA) is 105 Å². The van der Waals surface area contributed by atoms with Gasteiger partial charge in [-0.15, -0.1) is 0 Å². The van der Waals surface area contributed by atoms with Crippen LogP contribution in [0.2, 0.25) is 0 Å². The minimum Gasteiger partial charge on any atom is -0.478 e. The molecule has 0 radical (unpaired) electrons. The fourth-order valence-corrected chi connectivity index (χ4v) is 1.11. The van der Waals surface area contributed by atoms with Gasteiger partial charge >= 0.3 is 12.0 Å². The third-order valence-electron chi connectivity index (χ3n) is 1.82. The van der Waals surface area contributed by atoms with Crippen molar-refractivity contribution in [1.82, 2.24) is 5.32 Å². The maximum atomic E-state index is 11.1. The predicted octanol–water partition coefficient (Wildman–Crippen LogP) is 0.671. The normalized spacial score (nSPS) is 9.24. The van der Waals surface area contributed by atoms with E-state index in [0.717, 1.165) is 0 Å². The number of urea groups is 1. The standard InChI is InChI=1S/C10H10N2O5/c1-11-10(16)12-7-2-6(9(14)15)3-8(4-7)17-5-13/h2-5H,1H3,(H,14,15)(H2,11,12,16). The second-order valence-electron chi connectivity index (χ2n) is 2.97. The highest BCUT2D eigenvalue weighted by atomic mass is 16.5. The van der Waals surface area contributed by atoms with Crippen molar-refractivity contribution in [1.29, 1.82) is 0 Å². The van der Waals surface area contributed by atoms with E-state index in [1.54, 1.807) is 0 Å². The second kappa shape index (κ2) is 5.50. The van der Waals surface area contributed by atoms with Crippen molar-refractivity contribution in [3.8, 4) is 5.75 Å². The van der Waals surface area contributed by atoms with E-state index in [-0.39, 0.29) is 23.5 Å². The number of rotatable bonds is 4. The Hall–Kier alpha value is -2.57. The van der Waals surface area contributed by atoms with E-state index in [1.807, 2.05) is 0 Å². The molecule has 1 rings (SSSR count). The number of anilines is 1. The molecule has 7 heteroatoms. The number of aromatic carboxylic acids is 1. The van der Waals surface area contributed by atoms with Gasteiger partial charge in [-0.1, -0.05) is 0 Å². The summed E-state index contributed by atoms with van der Waals surface area (Å²) in [6.07, 6.45) is 0. The van der Waals surface area contributed by atoms with Crippen LogP contribution in [0.25, 0.3) is 0 Å². The lowest BCUT2D eigenvalue weighted by molar-refractivity contribution is -0.120. The lowest BCUT2D eigenvalue weighted by Gasteiger charge is -2.07. The van der Waals surface area contributed by atoms with Crippen LogP contribution in [-0.4, -0.2) is 30.6 Å². The molecule has 0 saturated carbocycles. The SMILES string of the molecule is CNC(=O)Nc1cc(OC=O)cc(C(=O)O)c1. The third kappa shape index (κ3) is 3.49. The van der Waals surface area contributed by atoms with Gasteiger partial charge in [0.2, 0.25) is 0 Å². The first kappa shape index (κ1) is 12.5. The zero-order valence-corrected chi connectivity index (χ0v) is 8.89. The number of ether oxygens (including phenoxy) is 1. The minimum absolute atomic E-state index is 0.0336. The van der Waals surface area contributed by atoms with Gasteiger partial charge in [-0.3, -0.25) is 4.79 Å². The second-order valence-corrected chi connectivity index (χ2v) is 2.97. The number of carbonyl (C=O) groups excluding carboxylic acids is 2. The van der Waals surface area contributed by atoms with Gasteiger partial charge in [0.25, 0.3) is 6.47 Å². The Kier molecular flexibility index (Phi) is 4.04. The summed E-state index contributed by atoms with van der Waals surface area (Å²) in [4.78, 5) is 32.0. The zero-order valence-electron chi connectivity index (χ0n) is 8.89. The number of amides is 2. The van der Waals surface area contributed by atoms with Crippen LogP contribution in [0.4, 0.5) is 10.5 Å². The molecule has 0 atom stereocenters. The van der Waals surface area contributed by atoms with E-state index < -0.39 is 12.0 Å². The molecule has 0 saturated heterocycles. The summed E-state index contributed by atoms with van der Waals surface area (Å²) in [5, 5.41) is 13.5. The van der Waals surface area contributed by atoms with E-state index in [1.165, 1.54) is 25.2 Å². The number of carboxylic acids is 1. The molecule has 0 heterocycles. The molecule has 2 amide bonds. The molecular weight excluding hydrogens is 228 g/mol. The third-order valence-corrected chi connectivity index (χ3v) is 1.82. The molecule has 1 aromatic rings. The Labute approximate surface area is 96.4 Å². The zero-order chi connectivity index (χ0) is 12.8. The van der Waals surface area contributed by atoms with Gasteiger partial charge in [0.1, 0.15) is 5.75 Å². The Morgan fingerprint density at radius 3 is 2.59 bits per heavy atom. The smallest absolute Gasteiger partial charge is 0.335 e. The van der Waals surface area contributed by atoms with Crippen molar-refractivity contribution in [2.24, 2.45) is 0 Å². The molecule has 0 aliphatic carbocycles. The predicted molar refractivity (Wildman–Crippen MR) is 58.2 cm³/mol. The Morgan fingerprint density at radius 2 is 2.06 bits per heavy atom. The Bertz CT molecular complexity index is 458. The molecule has 0 aliphatic rings. The number of carbonyl (C=O) groups is 3. The summed E-state index contributed by atoms with van der Waals surface area (Å²) >= 11 is 0. The average Bonchev–Trinajstić information content (AvgIpc) is 2.29. The summed E-state index contributed by atoms with van der Waals surface area (Å²) in [5.74, 6) is -1.16. The van der Waals surface area contributed by atoms with E-state index >= 15 is 0 Å². The van der Waals surface area contributed by atoms with Crippen molar-refractivity contribution < 1.29 is 24.2 Å². The lowest BCUT2D eigenvalue weighted by Crippen LogP contribution is -2.24. The first-order valence-electron chi connectivity index (χ1n) is 4.54. The highest BCUT2D eigenvalue weighted by molar-refractivity contribution is 5.93. The van der Waals surface area contributed by atoms with E-state index in [4.69, 9.17) is 5.11 Å². The van der Waals surface area contributed by atoms with E-state index in [2.05, 4.69) is 15.4 Å². The van der Waals surface area contributed by atoms with Crippen molar-refractivity contribution in [3.63, 3.8) is 0 Å². The van der Waals surface area contributed by atoms with E-state index in [0.29, 0.717) is 0 Å². The summed E-state index contributed by atoms with van der Waals surface area (Å²) in [5.41, 5.74) is 0.108. The lowest BCUT2D eigenvalue weighted by atomic mass is 10.2. The van der Waals surface area contributed by atoms with Crippen molar-refractivity contribution in [2.75, 3.05) is 12.4 Å². The fourth-order valence-electron chi connectivity index (χ4n) is 1.11. The molecule has 0 unspecified atom stereocenters. The Balaban J connectivity index is 3.07. The van der Waals surface area contributed by atoms with Crippen molar-refractivity contribution in [3.05, 3.63) is 23.8 Å². The number of hydrogen-bond donors (Lipinski definition) is 3. The van der Waals surface area contributed by atoms with Crippen molar-refractivity contribution >= 4 is 24.2 Å². The summed E-state index contributed by atoms with van der Waals surface area (Å²) < 4.78 is 4.54. The molecule has 1 aromatic carbocycles. The van der Waals surface area contributed by atoms with Crippen LogP contribution in [0, 0.1) is 0 Å². The highest BCUT2D eigenvalue weighted by Gasteiger charge is 2.09. The van der Waals surface area contributed by atoms with Gasteiger partial charge in [-0.25, -0.2) is 9.59 Å². The largest absolute Gasteiger partial charge is 0.478 e. The highest BCUT2D eigenvalue weighted by Crippen LogP contribution is 2.20. The van der Waals surface area contributed by atoms with Gasteiger partial charge in [-0.05, 0) is 12.1 Å². The first-order valence-corrected chi connectivity index (χ1v) is 4.54. The molecule has 17 heavy (non-hydrogen) atoms. The van der Waals surface area contributed by atoms with Gasteiger partial charge in [0.15, 0.2) is 0 Å². The molecular formula is C10H10N2O5. The van der Waals surface area contributed by atoms with Crippen LogP contribution < -0.4 is 15.4 Å². The molecule has 7 nitrogen and oxygen atoms in total. The molecule has 0 bridgehead atoms. The number of carboxylic acid groups (broad SMARTS) is 1. The van der Waals surface area contributed by atoms with Crippen LogP contribution >= 0.6 is 0 Å². The molecule has 0 fully saturated rings. The van der Waals surface area contributed by atoms with E-state index in [9.17, 15) is 14.4 Å². The van der Waals surface area contributed by atoms with Crippen LogP contribution in [-0.2, 0) is 4.79 Å². The van der Waals surface area contributed by atoms with Crippen LogP contribution in [0.3, 0.4) is 0 Å². The van der Waals surface area contributed by atoms with Crippen LogP contribution in [0.5, 0.6) is 5.75 Å². The first-order chi connectivity index (χ1) is 8.06. The van der Waals surface area contributed by atoms with Gasteiger partial charge < -0.3 is 20.5 Å². The molecule has 0 aliphatic heterocycles. The molecule has 3 N–H and O–H groups in total. The maximum absolute atomic E-state index is 11.1. The quantitative estimate of drug-likeness (QED) is 0.668. The molecule has 0 aromatic heterocycles. The minimum atomic E-state index is -1.19. The monoisotopic (exact) mass is 238 g/mol. The van der Waals surface area contributed by atoms with Gasteiger partial charge in [0, 0.05) is 18.8 Å². The van der Waals surface area contributed by atoms with Crippen LogP contribution in [0.15, 0.2) is 18.2 Å². The number of hydrogen-bond acceptors (Lipinski definition) is 4. The fraction of sp³-hybridized carbons (Fsp3) is 0.100. The van der Waals surface area contributed by atoms with Crippen molar-refractivity contribution in [2.45, 2.75) is 0 Å². The van der Waals surface area contributed by atoms with Gasteiger partial charge in [0.05, 0.1) is 5.56 Å². The molecule has 0 spiro atoms. The Morgan fingerprint density at radius 1 is 1.35 bits per heavy atom. The summed E-state index contributed by atoms with van der Waals surface area (Å²) in [6, 6.07) is 3.24. The number of nitrogens with one attached hydrogen (secondary N) is 2. The van der Waals surface area contributed by atoms with Gasteiger partial charge in [-0.2, -0.15) is 0 Å².